The molecule has 2 aromatic rings. The van der Waals surface area contributed by atoms with Gasteiger partial charge in [0.25, 0.3) is 0 Å². The van der Waals surface area contributed by atoms with E-state index in [1.54, 1.807) is 4.90 Å². The fraction of sp³-hybridized carbons (Fsp3) is 0.524. The van der Waals surface area contributed by atoms with Crippen LogP contribution in [0.3, 0.4) is 0 Å². The molecule has 0 spiro atoms. The first-order chi connectivity index (χ1) is 13.4. The van der Waals surface area contributed by atoms with E-state index in [1.165, 1.54) is 0 Å². The van der Waals surface area contributed by atoms with Gasteiger partial charge in [-0.2, -0.15) is 18.2 Å². The first-order valence-corrected chi connectivity index (χ1v) is 9.84. The van der Waals surface area contributed by atoms with Gasteiger partial charge < -0.3 is 9.64 Å². The van der Waals surface area contributed by atoms with Crippen LogP contribution in [0.1, 0.15) is 57.6 Å². The number of aryl methyl sites for hydroxylation is 1. The van der Waals surface area contributed by atoms with Crippen LogP contribution in [0, 0.1) is 0 Å². The number of ether oxygens (including phenoxy) is 1. The number of alkyl halides is 3. The molecule has 1 aromatic heterocycles. The fourth-order valence-electron chi connectivity index (χ4n) is 2.87. The normalized spacial score (nSPS) is 11.5. The molecular weight excluding hydrogens is 367 g/mol. The number of rotatable bonds is 10. The Balaban J connectivity index is 2.31. The van der Waals surface area contributed by atoms with E-state index in [-0.39, 0.29) is 12.6 Å². The molecule has 28 heavy (non-hydrogen) atoms. The summed E-state index contributed by atoms with van der Waals surface area (Å²) in [7, 11) is 0. The Kier molecular flexibility index (Phi) is 8.08. The molecule has 154 valence electrons. The van der Waals surface area contributed by atoms with Gasteiger partial charge in [0.1, 0.15) is 5.56 Å². The van der Waals surface area contributed by atoms with E-state index in [4.69, 9.17) is 4.74 Å². The number of unbranched alkanes of at least 4 members (excludes halogenated alkanes) is 3. The van der Waals surface area contributed by atoms with Crippen LogP contribution in [0.25, 0.3) is 0 Å². The third-order valence-corrected chi connectivity index (χ3v) is 4.47. The number of benzene rings is 1. The first kappa shape index (κ1) is 22.0. The van der Waals surface area contributed by atoms with Gasteiger partial charge in [0.05, 0.1) is 6.61 Å². The van der Waals surface area contributed by atoms with Crippen molar-refractivity contribution < 1.29 is 17.9 Å². The summed E-state index contributed by atoms with van der Waals surface area (Å²) in [5.41, 5.74) is 1.04. The van der Waals surface area contributed by atoms with Crippen molar-refractivity contribution in [2.24, 2.45) is 0 Å². The Hall–Kier alpha value is -2.31. The number of halogens is 3. The summed E-state index contributed by atoms with van der Waals surface area (Å²) in [5.74, 6) is -0.202. The van der Waals surface area contributed by atoms with Crippen LogP contribution in [-0.4, -0.2) is 23.1 Å². The van der Waals surface area contributed by atoms with Gasteiger partial charge in [-0.05, 0) is 37.5 Å². The highest BCUT2D eigenvalue weighted by molar-refractivity contribution is 5.58. The molecule has 0 aliphatic heterocycles. The molecule has 0 aliphatic carbocycles. The lowest BCUT2D eigenvalue weighted by Gasteiger charge is -2.23. The molecule has 0 radical (unpaired) electrons. The predicted octanol–water partition coefficient (Wildman–Crippen LogP) is 6.17. The second kappa shape index (κ2) is 10.3. The Labute approximate surface area is 164 Å². The van der Waals surface area contributed by atoms with Crippen molar-refractivity contribution in [3.8, 4) is 5.88 Å². The zero-order valence-electron chi connectivity index (χ0n) is 16.7. The SMILES string of the molecule is CCCCCCOc1nc(N(CC)c2cccc(CC)c2)ncc1C(F)(F)F. The van der Waals surface area contributed by atoms with E-state index in [1.807, 2.05) is 31.2 Å². The molecule has 1 heterocycles. The molecular formula is C21H28F3N3O. The molecule has 7 heteroatoms. The molecule has 0 N–H and O–H groups in total. The van der Waals surface area contributed by atoms with Crippen molar-refractivity contribution >= 4 is 11.6 Å². The van der Waals surface area contributed by atoms with Gasteiger partial charge >= 0.3 is 6.18 Å². The third kappa shape index (κ3) is 5.84. The molecule has 0 atom stereocenters. The largest absolute Gasteiger partial charge is 0.477 e. The van der Waals surface area contributed by atoms with Gasteiger partial charge in [0, 0.05) is 18.4 Å². The summed E-state index contributed by atoms with van der Waals surface area (Å²) in [6.45, 7) is 6.76. The molecule has 2 rings (SSSR count). The predicted molar refractivity (Wildman–Crippen MR) is 105 cm³/mol. The second-order valence-electron chi connectivity index (χ2n) is 6.56. The van der Waals surface area contributed by atoms with Crippen LogP contribution in [0.4, 0.5) is 24.8 Å². The highest BCUT2D eigenvalue weighted by atomic mass is 19.4. The minimum absolute atomic E-state index is 0.201. The average molecular weight is 395 g/mol. The van der Waals surface area contributed by atoms with Gasteiger partial charge in [0.2, 0.25) is 11.8 Å². The van der Waals surface area contributed by atoms with Gasteiger partial charge in [-0.3, -0.25) is 0 Å². The maximum absolute atomic E-state index is 13.3. The van der Waals surface area contributed by atoms with Gasteiger partial charge in [0.15, 0.2) is 0 Å². The zero-order chi connectivity index (χ0) is 20.6. The van der Waals surface area contributed by atoms with Crippen molar-refractivity contribution in [2.45, 2.75) is 59.1 Å². The standard InChI is InChI=1S/C21H28F3N3O/c1-4-7-8-9-13-28-19-18(21(22,23)24)15-25-20(26-19)27(6-3)17-12-10-11-16(5-2)14-17/h10-12,14-15H,4-9,13H2,1-3H3. The van der Waals surface area contributed by atoms with Crippen molar-refractivity contribution in [3.05, 3.63) is 41.6 Å². The van der Waals surface area contributed by atoms with Crippen LogP contribution in [0.15, 0.2) is 30.5 Å². The molecule has 0 saturated heterocycles. The molecule has 0 aliphatic rings. The fourth-order valence-corrected chi connectivity index (χ4v) is 2.87. The third-order valence-electron chi connectivity index (χ3n) is 4.47. The van der Waals surface area contributed by atoms with Crippen LogP contribution in [0.5, 0.6) is 5.88 Å². The molecule has 1 aromatic carbocycles. The first-order valence-electron chi connectivity index (χ1n) is 9.84. The highest BCUT2D eigenvalue weighted by Crippen LogP contribution is 2.36. The van der Waals surface area contributed by atoms with E-state index in [9.17, 15) is 13.2 Å². The van der Waals surface area contributed by atoms with E-state index in [0.717, 1.165) is 43.1 Å². The monoisotopic (exact) mass is 395 g/mol. The zero-order valence-corrected chi connectivity index (χ0v) is 16.7. The molecule has 0 saturated carbocycles. The topological polar surface area (TPSA) is 38.2 Å². The highest BCUT2D eigenvalue weighted by Gasteiger charge is 2.36. The van der Waals surface area contributed by atoms with E-state index >= 15 is 0 Å². The Morgan fingerprint density at radius 2 is 1.86 bits per heavy atom. The summed E-state index contributed by atoms with van der Waals surface area (Å²) in [5, 5.41) is 0. The Morgan fingerprint density at radius 1 is 1.07 bits per heavy atom. The van der Waals surface area contributed by atoms with Crippen LogP contribution in [-0.2, 0) is 12.6 Å². The second-order valence-corrected chi connectivity index (χ2v) is 6.56. The summed E-state index contributed by atoms with van der Waals surface area (Å²) < 4.78 is 45.5. The van der Waals surface area contributed by atoms with Crippen LogP contribution < -0.4 is 9.64 Å². The molecule has 4 nitrogen and oxygen atoms in total. The molecule has 0 bridgehead atoms. The number of nitrogens with zero attached hydrogens (tertiary/aromatic N) is 3. The minimum Gasteiger partial charge on any atom is -0.477 e. The number of aromatic nitrogens is 2. The van der Waals surface area contributed by atoms with Crippen LogP contribution >= 0.6 is 0 Å². The van der Waals surface area contributed by atoms with Gasteiger partial charge in [-0.1, -0.05) is 45.2 Å². The average Bonchev–Trinajstić information content (AvgIpc) is 2.68. The maximum atomic E-state index is 13.3. The Bertz CT molecular complexity index is 750. The lowest BCUT2D eigenvalue weighted by molar-refractivity contribution is -0.139. The lowest BCUT2D eigenvalue weighted by atomic mass is 10.1. The van der Waals surface area contributed by atoms with Crippen LogP contribution in [0.2, 0.25) is 0 Å². The minimum atomic E-state index is -4.56. The van der Waals surface area contributed by atoms with E-state index < -0.39 is 17.6 Å². The van der Waals surface area contributed by atoms with Crippen molar-refractivity contribution in [3.63, 3.8) is 0 Å². The smallest absolute Gasteiger partial charge is 0.423 e. The van der Waals surface area contributed by atoms with Gasteiger partial charge in [-0.15, -0.1) is 0 Å². The van der Waals surface area contributed by atoms with Crippen molar-refractivity contribution in [2.75, 3.05) is 18.1 Å². The van der Waals surface area contributed by atoms with Crippen molar-refractivity contribution in [1.82, 2.24) is 9.97 Å². The van der Waals surface area contributed by atoms with E-state index in [0.29, 0.717) is 13.0 Å². The summed E-state index contributed by atoms with van der Waals surface area (Å²) in [6, 6.07) is 7.83. The molecule has 0 amide bonds. The number of hydrogen-bond acceptors (Lipinski definition) is 4. The van der Waals surface area contributed by atoms with E-state index in [2.05, 4.69) is 23.8 Å². The lowest BCUT2D eigenvalue weighted by Crippen LogP contribution is -2.21. The quantitative estimate of drug-likeness (QED) is 0.451. The number of anilines is 2. The Morgan fingerprint density at radius 3 is 2.50 bits per heavy atom. The summed E-state index contributed by atoms with van der Waals surface area (Å²) in [6.07, 6.45) is 0.814. The van der Waals surface area contributed by atoms with Gasteiger partial charge in [-0.25, -0.2) is 4.98 Å². The number of hydrogen-bond donors (Lipinski definition) is 0. The summed E-state index contributed by atoms with van der Waals surface area (Å²) in [4.78, 5) is 9.89. The summed E-state index contributed by atoms with van der Waals surface area (Å²) >= 11 is 0. The molecule has 0 unspecified atom stereocenters. The maximum Gasteiger partial charge on any atom is 0.423 e. The molecule has 0 fully saturated rings. The van der Waals surface area contributed by atoms with Crippen molar-refractivity contribution in [1.29, 1.82) is 0 Å².